The predicted molar refractivity (Wildman–Crippen MR) is 114 cm³/mol. The molecule has 0 saturated carbocycles. The van der Waals surface area contributed by atoms with Crippen LogP contribution in [-0.4, -0.2) is 77.8 Å². The summed E-state index contributed by atoms with van der Waals surface area (Å²) in [6.07, 6.45) is -0.845. The van der Waals surface area contributed by atoms with Gasteiger partial charge < -0.3 is 25.2 Å². The van der Waals surface area contributed by atoms with Gasteiger partial charge in [-0.15, -0.1) is 0 Å². The average Bonchev–Trinajstić information content (AvgIpc) is 2.76. The van der Waals surface area contributed by atoms with Gasteiger partial charge in [-0.25, -0.2) is 18.6 Å². The van der Waals surface area contributed by atoms with Crippen molar-refractivity contribution in [3.05, 3.63) is 22.7 Å². The van der Waals surface area contributed by atoms with Crippen molar-refractivity contribution >= 4 is 46.1 Å². The number of hydrogen-bond donors (Lipinski definition) is 6. The van der Waals surface area contributed by atoms with E-state index in [1.54, 1.807) is 6.92 Å². The maximum Gasteiger partial charge on any atom is 0.426 e. The first-order valence-corrected chi connectivity index (χ1v) is 11.1. The molecule has 0 unspecified atom stereocenters. The lowest BCUT2D eigenvalue weighted by Gasteiger charge is -2.42. The minimum Gasteiger partial charge on any atom is -0.504 e. The number of β-lactam (4-membered cyclic amide) rings is 1. The molecular weight excluding hydrogens is 484 g/mol. The summed E-state index contributed by atoms with van der Waals surface area (Å²) in [7, 11) is -3.06. The van der Waals surface area contributed by atoms with Crippen molar-refractivity contribution in [2.24, 2.45) is 0 Å². The predicted octanol–water partition coefficient (Wildman–Crippen LogP) is -0.771. The van der Waals surface area contributed by atoms with Gasteiger partial charge in [0.1, 0.15) is 11.4 Å². The zero-order valence-electron chi connectivity index (χ0n) is 17.6. The summed E-state index contributed by atoms with van der Waals surface area (Å²) in [5, 5.41) is 20.6. The molecule has 4 amide bonds. The Kier molecular flexibility index (Phi) is 8.33. The Morgan fingerprint density at radius 3 is 2.52 bits per heavy atom. The van der Waals surface area contributed by atoms with Crippen LogP contribution in [0.1, 0.15) is 30.6 Å². The van der Waals surface area contributed by atoms with Gasteiger partial charge in [0.25, 0.3) is 11.8 Å². The molecule has 0 aromatic heterocycles. The molecule has 1 fully saturated rings. The molecule has 33 heavy (non-hydrogen) atoms. The van der Waals surface area contributed by atoms with E-state index >= 15 is 0 Å². The monoisotopic (exact) mass is 506 g/mol. The number of hydrazine groups is 1. The van der Waals surface area contributed by atoms with E-state index in [2.05, 4.69) is 5.32 Å². The van der Waals surface area contributed by atoms with E-state index in [0.29, 0.717) is 6.42 Å². The summed E-state index contributed by atoms with van der Waals surface area (Å²) < 4.78 is 26.6. The number of amides is 4. The van der Waals surface area contributed by atoms with Crippen LogP contribution in [0.4, 0.5) is 4.79 Å². The number of rotatable bonds is 8. The molecule has 1 aliphatic heterocycles. The zero-order valence-corrected chi connectivity index (χ0v) is 19.2. The SMILES string of the molecule is C[C@@H]1CC(=O)N1C[C@](C)(COC(=O)NNC(=O)CNC(=O)c1ccc(O)c(O)c1Cl)[SH](=O)=O. The van der Waals surface area contributed by atoms with Crippen molar-refractivity contribution in [1.29, 1.82) is 0 Å². The second kappa shape index (κ2) is 10.6. The number of carbonyl (C=O) groups excluding carboxylic acids is 4. The topological polar surface area (TPSA) is 191 Å². The largest absolute Gasteiger partial charge is 0.504 e. The Hall–Kier alpha value is -3.26. The van der Waals surface area contributed by atoms with Crippen molar-refractivity contribution in [1.82, 2.24) is 21.1 Å². The fraction of sp³-hybridized carbons (Fsp3) is 0.444. The lowest BCUT2D eigenvalue weighted by molar-refractivity contribution is -0.145. The number of halogens is 1. The minimum atomic E-state index is -3.06. The maximum atomic E-state index is 12.0. The Morgan fingerprint density at radius 2 is 1.94 bits per heavy atom. The van der Waals surface area contributed by atoms with Gasteiger partial charge in [-0.05, 0) is 26.0 Å². The third-order valence-electron chi connectivity index (χ3n) is 4.84. The summed E-state index contributed by atoms with van der Waals surface area (Å²) in [4.78, 5) is 48.6. The number of nitrogens with zero attached hydrogens (tertiary/aromatic N) is 1. The number of hydrogen-bond acceptors (Lipinski definition) is 9. The zero-order chi connectivity index (χ0) is 24.9. The molecule has 1 heterocycles. The summed E-state index contributed by atoms with van der Waals surface area (Å²) in [5.74, 6) is -3.12. The molecule has 1 aromatic rings. The quantitative estimate of drug-likeness (QED) is 0.114. The van der Waals surface area contributed by atoms with E-state index in [1.807, 2.05) is 10.9 Å². The third-order valence-corrected chi connectivity index (χ3v) is 6.38. The van der Waals surface area contributed by atoms with Crippen molar-refractivity contribution in [2.45, 2.75) is 31.1 Å². The maximum absolute atomic E-state index is 12.0. The molecule has 2 atom stereocenters. The summed E-state index contributed by atoms with van der Waals surface area (Å²) >= 11 is 5.76. The van der Waals surface area contributed by atoms with E-state index < -0.39 is 63.0 Å². The minimum absolute atomic E-state index is 0.115. The van der Waals surface area contributed by atoms with Crippen molar-refractivity contribution in [2.75, 3.05) is 19.7 Å². The molecule has 1 aromatic carbocycles. The highest BCUT2D eigenvalue weighted by atomic mass is 35.5. The standard InChI is InChI=1S/C18H23ClN4O9S/c1-9-5-13(26)23(9)7-18(2,33(30)31)8-32-17(29)22-21-12(25)6-20-16(28)10-3-4-11(24)15(27)14(10)19/h3-4,9,24,27,33H,5-8H2,1-2H3,(H,20,28)(H,21,25)(H,22,29)/t9-,18-/m1/s1. The van der Waals surface area contributed by atoms with E-state index in [-0.39, 0.29) is 24.1 Å². The third kappa shape index (κ3) is 6.38. The second-order valence-corrected chi connectivity index (χ2v) is 9.53. The Bertz CT molecular complexity index is 1040. The summed E-state index contributed by atoms with van der Waals surface area (Å²) in [6.45, 7) is 1.77. The van der Waals surface area contributed by atoms with Crippen LogP contribution >= 0.6 is 11.6 Å². The Morgan fingerprint density at radius 1 is 1.27 bits per heavy atom. The average molecular weight is 507 g/mol. The van der Waals surface area contributed by atoms with E-state index in [9.17, 15) is 37.8 Å². The van der Waals surface area contributed by atoms with Crippen LogP contribution in [0, 0.1) is 0 Å². The van der Waals surface area contributed by atoms with Crippen molar-refractivity contribution in [3.63, 3.8) is 0 Å². The highest BCUT2D eigenvalue weighted by Crippen LogP contribution is 2.35. The van der Waals surface area contributed by atoms with Gasteiger partial charge in [0, 0.05) is 19.0 Å². The lowest BCUT2D eigenvalue weighted by Crippen LogP contribution is -2.58. The molecule has 15 heteroatoms. The molecule has 0 radical (unpaired) electrons. The molecular formula is C18H23ClN4O9S. The number of phenols is 2. The first-order valence-electron chi connectivity index (χ1n) is 9.50. The number of likely N-dealkylation sites (tertiary alicyclic amines) is 1. The summed E-state index contributed by atoms with van der Waals surface area (Å²) in [5.41, 5.74) is 3.65. The number of aromatic hydroxyl groups is 2. The van der Waals surface area contributed by atoms with Crippen molar-refractivity contribution in [3.8, 4) is 11.5 Å². The van der Waals surface area contributed by atoms with E-state index in [1.165, 1.54) is 11.8 Å². The second-order valence-electron chi connectivity index (χ2n) is 7.56. The fourth-order valence-electron chi connectivity index (χ4n) is 2.79. The number of nitrogens with one attached hydrogen (secondary N) is 3. The highest BCUT2D eigenvalue weighted by molar-refractivity contribution is 7.74. The highest BCUT2D eigenvalue weighted by Gasteiger charge is 2.41. The molecule has 182 valence electrons. The van der Waals surface area contributed by atoms with Crippen molar-refractivity contribution < 1.29 is 42.5 Å². The van der Waals surface area contributed by atoms with Gasteiger partial charge in [-0.3, -0.25) is 19.8 Å². The van der Waals surface area contributed by atoms with Crippen LogP contribution in [0.25, 0.3) is 0 Å². The number of benzene rings is 1. The first kappa shape index (κ1) is 26.0. The fourth-order valence-corrected chi connectivity index (χ4v) is 3.47. The van der Waals surface area contributed by atoms with E-state index in [4.69, 9.17) is 16.3 Å². The Balaban J connectivity index is 1.79. The number of phenolic OH excluding ortho intramolecular Hbond substituents is 2. The Labute approximate surface area is 194 Å². The normalized spacial score (nSPS) is 17.0. The van der Waals surface area contributed by atoms with Crippen LogP contribution in [0.15, 0.2) is 12.1 Å². The van der Waals surface area contributed by atoms with Gasteiger partial charge in [0.15, 0.2) is 22.2 Å². The van der Waals surface area contributed by atoms with Gasteiger partial charge >= 0.3 is 6.09 Å². The van der Waals surface area contributed by atoms with Gasteiger partial charge in [0.05, 0.1) is 17.1 Å². The van der Waals surface area contributed by atoms with Gasteiger partial charge in [-0.1, -0.05) is 11.6 Å². The molecule has 13 nitrogen and oxygen atoms in total. The molecule has 5 N–H and O–H groups in total. The molecule has 0 bridgehead atoms. The van der Waals surface area contributed by atoms with Gasteiger partial charge in [0.2, 0.25) is 5.91 Å². The van der Waals surface area contributed by atoms with Crippen LogP contribution in [-0.2, 0) is 25.0 Å². The van der Waals surface area contributed by atoms with Crippen LogP contribution in [0.5, 0.6) is 11.5 Å². The number of carbonyl (C=O) groups is 4. The molecule has 0 spiro atoms. The summed E-state index contributed by atoms with van der Waals surface area (Å²) in [6, 6.07) is 2.05. The molecule has 1 aliphatic rings. The number of thiol groups is 1. The number of ether oxygens (including phenoxy) is 1. The first-order chi connectivity index (χ1) is 15.4. The van der Waals surface area contributed by atoms with Crippen LogP contribution in [0.3, 0.4) is 0 Å². The van der Waals surface area contributed by atoms with E-state index in [0.717, 1.165) is 12.1 Å². The lowest BCUT2D eigenvalue weighted by atomic mass is 10.0. The smallest absolute Gasteiger partial charge is 0.426 e. The molecule has 2 rings (SSSR count). The van der Waals surface area contributed by atoms with Crippen LogP contribution < -0.4 is 16.2 Å². The van der Waals surface area contributed by atoms with Crippen LogP contribution in [0.2, 0.25) is 5.02 Å². The molecule has 0 aliphatic carbocycles. The molecule has 1 saturated heterocycles. The van der Waals surface area contributed by atoms with Gasteiger partial charge in [-0.2, -0.15) is 0 Å².